The highest BCUT2D eigenvalue weighted by Gasteiger charge is 2.19. The maximum Gasteiger partial charge on any atom is 0.313 e. The SMILES string of the molecule is O=C(O)CSc1nc2cc(F)ccc2n1CCC1CCC1. The molecule has 0 radical (unpaired) electrons. The minimum atomic E-state index is -0.872. The first-order valence-electron chi connectivity index (χ1n) is 7.14. The zero-order valence-corrected chi connectivity index (χ0v) is 12.4. The van der Waals surface area contributed by atoms with Gasteiger partial charge in [0.2, 0.25) is 0 Å². The molecule has 1 aromatic heterocycles. The van der Waals surface area contributed by atoms with E-state index >= 15 is 0 Å². The number of aliphatic carboxylic acids is 1. The number of carboxylic acids is 1. The molecule has 4 nitrogen and oxygen atoms in total. The van der Waals surface area contributed by atoms with E-state index < -0.39 is 5.97 Å². The summed E-state index contributed by atoms with van der Waals surface area (Å²) in [6, 6.07) is 4.55. The van der Waals surface area contributed by atoms with Crippen LogP contribution in [0, 0.1) is 11.7 Å². The highest BCUT2D eigenvalue weighted by atomic mass is 32.2. The first-order chi connectivity index (χ1) is 10.1. The molecular formula is C15H17FN2O2S. The predicted molar refractivity (Wildman–Crippen MR) is 80.0 cm³/mol. The van der Waals surface area contributed by atoms with E-state index in [1.807, 2.05) is 4.57 Å². The van der Waals surface area contributed by atoms with Gasteiger partial charge in [-0.05, 0) is 24.5 Å². The van der Waals surface area contributed by atoms with Crippen LogP contribution < -0.4 is 0 Å². The van der Waals surface area contributed by atoms with Crippen molar-refractivity contribution < 1.29 is 14.3 Å². The number of thioether (sulfide) groups is 1. The number of imidazole rings is 1. The summed E-state index contributed by atoms with van der Waals surface area (Å²) in [6.45, 7) is 0.814. The summed E-state index contributed by atoms with van der Waals surface area (Å²) in [5.41, 5.74) is 1.47. The lowest BCUT2D eigenvalue weighted by molar-refractivity contribution is -0.133. The Morgan fingerprint density at radius 2 is 2.29 bits per heavy atom. The number of aromatic nitrogens is 2. The van der Waals surface area contributed by atoms with E-state index in [4.69, 9.17) is 5.11 Å². The number of benzene rings is 1. The Labute approximate surface area is 126 Å². The fraction of sp³-hybridized carbons (Fsp3) is 0.467. The molecule has 1 aromatic carbocycles. The number of nitrogens with zero attached hydrogens (tertiary/aromatic N) is 2. The minimum absolute atomic E-state index is 0.0325. The van der Waals surface area contributed by atoms with Crippen LogP contribution in [0.15, 0.2) is 23.4 Å². The molecule has 0 saturated heterocycles. The minimum Gasteiger partial charge on any atom is -0.481 e. The standard InChI is InChI=1S/C15H17FN2O2S/c16-11-4-5-13-12(8-11)17-15(21-9-14(19)20)18(13)7-6-10-2-1-3-10/h4-5,8,10H,1-3,6-7,9H2,(H,19,20). The molecule has 3 rings (SSSR count). The zero-order valence-electron chi connectivity index (χ0n) is 11.6. The Morgan fingerprint density at radius 1 is 1.48 bits per heavy atom. The molecule has 0 unspecified atom stereocenters. The maximum atomic E-state index is 13.3. The second-order valence-electron chi connectivity index (χ2n) is 5.45. The molecular weight excluding hydrogens is 291 g/mol. The van der Waals surface area contributed by atoms with Gasteiger partial charge in [-0.15, -0.1) is 0 Å². The molecule has 1 heterocycles. The molecule has 1 aliphatic rings. The van der Waals surface area contributed by atoms with Crippen molar-refractivity contribution in [3.8, 4) is 0 Å². The van der Waals surface area contributed by atoms with Crippen molar-refractivity contribution in [3.63, 3.8) is 0 Å². The largest absolute Gasteiger partial charge is 0.481 e. The van der Waals surface area contributed by atoms with E-state index in [2.05, 4.69) is 4.98 Å². The number of carboxylic acid groups (broad SMARTS) is 1. The van der Waals surface area contributed by atoms with Crippen LogP contribution in [-0.2, 0) is 11.3 Å². The summed E-state index contributed by atoms with van der Waals surface area (Å²) in [5, 5.41) is 9.50. The third-order valence-corrected chi connectivity index (χ3v) is 4.95. The van der Waals surface area contributed by atoms with E-state index in [-0.39, 0.29) is 11.6 Å². The lowest BCUT2D eigenvalue weighted by atomic mass is 9.83. The molecule has 21 heavy (non-hydrogen) atoms. The van der Waals surface area contributed by atoms with Crippen molar-refractivity contribution in [1.82, 2.24) is 9.55 Å². The summed E-state index contributed by atoms with van der Waals surface area (Å²) < 4.78 is 15.3. The highest BCUT2D eigenvalue weighted by molar-refractivity contribution is 7.99. The maximum absolute atomic E-state index is 13.3. The summed E-state index contributed by atoms with van der Waals surface area (Å²) in [6.07, 6.45) is 4.93. The van der Waals surface area contributed by atoms with Gasteiger partial charge in [0.1, 0.15) is 5.82 Å². The van der Waals surface area contributed by atoms with Crippen molar-refractivity contribution in [2.75, 3.05) is 5.75 Å². The second-order valence-corrected chi connectivity index (χ2v) is 6.39. The van der Waals surface area contributed by atoms with Crippen molar-refractivity contribution in [2.24, 2.45) is 5.92 Å². The van der Waals surface area contributed by atoms with Gasteiger partial charge in [-0.25, -0.2) is 9.37 Å². The molecule has 1 N–H and O–H groups in total. The van der Waals surface area contributed by atoms with Gasteiger partial charge in [-0.3, -0.25) is 4.79 Å². The van der Waals surface area contributed by atoms with E-state index in [1.165, 1.54) is 43.2 Å². The zero-order chi connectivity index (χ0) is 14.8. The average Bonchev–Trinajstić information content (AvgIpc) is 2.72. The predicted octanol–water partition coefficient (Wildman–Crippen LogP) is 3.54. The van der Waals surface area contributed by atoms with Crippen LogP contribution in [0.2, 0.25) is 0 Å². The fourth-order valence-corrected chi connectivity index (χ4v) is 3.39. The molecule has 0 bridgehead atoms. The third kappa shape index (κ3) is 3.20. The van der Waals surface area contributed by atoms with E-state index in [1.54, 1.807) is 6.07 Å². The topological polar surface area (TPSA) is 55.1 Å². The Balaban J connectivity index is 1.87. The van der Waals surface area contributed by atoms with Crippen molar-refractivity contribution in [2.45, 2.75) is 37.4 Å². The number of carbonyl (C=O) groups is 1. The number of aryl methyl sites for hydroxylation is 1. The van der Waals surface area contributed by atoms with Gasteiger partial charge in [0.05, 0.1) is 16.8 Å². The van der Waals surface area contributed by atoms with Crippen molar-refractivity contribution in [1.29, 1.82) is 0 Å². The molecule has 0 atom stereocenters. The van der Waals surface area contributed by atoms with Gasteiger partial charge in [0, 0.05) is 12.6 Å². The number of hydrogen-bond acceptors (Lipinski definition) is 3. The number of hydrogen-bond donors (Lipinski definition) is 1. The normalized spacial score (nSPS) is 15.3. The van der Waals surface area contributed by atoms with Gasteiger partial charge < -0.3 is 9.67 Å². The molecule has 0 spiro atoms. The molecule has 1 saturated carbocycles. The van der Waals surface area contributed by atoms with Gasteiger partial charge in [0.25, 0.3) is 0 Å². The van der Waals surface area contributed by atoms with Crippen LogP contribution in [0.5, 0.6) is 0 Å². The smallest absolute Gasteiger partial charge is 0.313 e. The summed E-state index contributed by atoms with van der Waals surface area (Å²) in [7, 11) is 0. The number of fused-ring (bicyclic) bond motifs is 1. The summed E-state index contributed by atoms with van der Waals surface area (Å²) in [4.78, 5) is 15.1. The van der Waals surface area contributed by atoms with Crippen LogP contribution >= 0.6 is 11.8 Å². The molecule has 2 aromatic rings. The summed E-state index contributed by atoms with van der Waals surface area (Å²) in [5.74, 6) is -0.458. The first-order valence-corrected chi connectivity index (χ1v) is 8.12. The van der Waals surface area contributed by atoms with Crippen molar-refractivity contribution >= 4 is 28.8 Å². The van der Waals surface area contributed by atoms with Gasteiger partial charge >= 0.3 is 5.97 Å². The molecule has 1 fully saturated rings. The molecule has 1 aliphatic carbocycles. The van der Waals surface area contributed by atoms with E-state index in [9.17, 15) is 9.18 Å². The molecule has 0 aliphatic heterocycles. The Hall–Kier alpha value is -1.56. The van der Waals surface area contributed by atoms with Crippen LogP contribution in [0.4, 0.5) is 4.39 Å². The van der Waals surface area contributed by atoms with Crippen LogP contribution in [0.1, 0.15) is 25.7 Å². The summed E-state index contributed by atoms with van der Waals surface area (Å²) >= 11 is 1.19. The van der Waals surface area contributed by atoms with Crippen LogP contribution in [0.25, 0.3) is 11.0 Å². The Kier molecular flexibility index (Phi) is 4.14. The fourth-order valence-electron chi connectivity index (χ4n) is 2.63. The Bertz CT molecular complexity index is 667. The lowest BCUT2D eigenvalue weighted by Gasteiger charge is -2.25. The van der Waals surface area contributed by atoms with Crippen LogP contribution in [-0.4, -0.2) is 26.4 Å². The average molecular weight is 308 g/mol. The number of halogens is 1. The van der Waals surface area contributed by atoms with Crippen molar-refractivity contribution in [3.05, 3.63) is 24.0 Å². The third-order valence-electron chi connectivity index (χ3n) is 3.99. The van der Waals surface area contributed by atoms with Gasteiger partial charge in [0.15, 0.2) is 5.16 Å². The first kappa shape index (κ1) is 14.4. The van der Waals surface area contributed by atoms with E-state index in [0.29, 0.717) is 10.7 Å². The highest BCUT2D eigenvalue weighted by Crippen LogP contribution is 2.32. The second kappa shape index (κ2) is 6.05. The van der Waals surface area contributed by atoms with E-state index in [0.717, 1.165) is 24.4 Å². The Morgan fingerprint density at radius 3 is 2.95 bits per heavy atom. The molecule has 0 amide bonds. The van der Waals surface area contributed by atoms with Crippen LogP contribution in [0.3, 0.4) is 0 Å². The lowest BCUT2D eigenvalue weighted by Crippen LogP contribution is -2.14. The van der Waals surface area contributed by atoms with Gasteiger partial charge in [-0.2, -0.15) is 0 Å². The monoisotopic (exact) mass is 308 g/mol. The van der Waals surface area contributed by atoms with Gasteiger partial charge in [-0.1, -0.05) is 31.0 Å². The molecule has 112 valence electrons. The molecule has 6 heteroatoms. The quantitative estimate of drug-likeness (QED) is 0.829. The number of rotatable bonds is 6.